The molecule has 8 heteroatoms. The first-order chi connectivity index (χ1) is 13.6. The van der Waals surface area contributed by atoms with Gasteiger partial charge in [0.2, 0.25) is 11.8 Å². The van der Waals surface area contributed by atoms with Crippen LogP contribution in [0.2, 0.25) is 0 Å². The molecule has 0 saturated heterocycles. The topological polar surface area (TPSA) is 112 Å². The number of aromatic nitrogens is 3. The van der Waals surface area contributed by atoms with Crippen LogP contribution in [0.1, 0.15) is 31.4 Å². The molecule has 3 rings (SSSR count). The number of nitrogens with one attached hydrogen (secondary N) is 2. The van der Waals surface area contributed by atoms with Crippen molar-refractivity contribution in [1.82, 2.24) is 15.0 Å². The fourth-order valence-corrected chi connectivity index (χ4v) is 3.60. The van der Waals surface area contributed by atoms with Crippen LogP contribution in [-0.4, -0.2) is 58.1 Å². The maximum Gasteiger partial charge on any atom is 0.224 e. The van der Waals surface area contributed by atoms with Crippen LogP contribution in [0.3, 0.4) is 0 Å². The lowest BCUT2D eigenvalue weighted by Gasteiger charge is -2.19. The second-order valence-corrected chi connectivity index (χ2v) is 7.15. The van der Waals surface area contributed by atoms with E-state index in [-0.39, 0.29) is 19.3 Å². The number of hydrogen-bond donors (Lipinski definition) is 4. The highest BCUT2D eigenvalue weighted by Crippen LogP contribution is 2.34. The van der Waals surface area contributed by atoms with Gasteiger partial charge >= 0.3 is 0 Å². The van der Waals surface area contributed by atoms with Gasteiger partial charge in [-0.05, 0) is 44.6 Å². The van der Waals surface area contributed by atoms with E-state index in [9.17, 15) is 5.11 Å². The average molecular weight is 387 g/mol. The molecular formula is C20H29N5O3. The van der Waals surface area contributed by atoms with Crippen LogP contribution in [0.25, 0.3) is 11.1 Å². The second-order valence-electron chi connectivity index (χ2n) is 7.15. The number of aryl methyl sites for hydroxylation is 1. The van der Waals surface area contributed by atoms with Crippen LogP contribution in [0, 0.1) is 12.8 Å². The molecule has 0 amide bonds. The van der Waals surface area contributed by atoms with Crippen LogP contribution in [-0.2, 0) is 0 Å². The summed E-state index contributed by atoms with van der Waals surface area (Å²) in [4.78, 5) is 13.6. The van der Waals surface area contributed by atoms with Gasteiger partial charge < -0.3 is 25.6 Å². The summed E-state index contributed by atoms with van der Waals surface area (Å²) in [6, 6.07) is 4.04. The van der Waals surface area contributed by atoms with Crippen molar-refractivity contribution in [3.63, 3.8) is 0 Å². The van der Waals surface area contributed by atoms with Crippen molar-refractivity contribution in [3.05, 3.63) is 24.0 Å². The molecule has 0 aliphatic heterocycles. The summed E-state index contributed by atoms with van der Waals surface area (Å²) >= 11 is 0. The monoisotopic (exact) mass is 387 g/mol. The SMILES string of the molecule is COc1ccc(-c2c(C)nc(NCCCO)nc2N[C@H]2CC[C@@H](CO)C2)cn1. The first-order valence-corrected chi connectivity index (χ1v) is 9.75. The van der Waals surface area contributed by atoms with Gasteiger partial charge in [0.05, 0.1) is 12.8 Å². The lowest BCUT2D eigenvalue weighted by Crippen LogP contribution is -2.19. The number of pyridine rings is 1. The van der Waals surface area contributed by atoms with Gasteiger partial charge in [0.1, 0.15) is 5.82 Å². The number of aliphatic hydroxyl groups is 2. The van der Waals surface area contributed by atoms with E-state index in [2.05, 4.69) is 20.6 Å². The number of hydrogen-bond acceptors (Lipinski definition) is 8. The van der Waals surface area contributed by atoms with Crippen LogP contribution in [0.5, 0.6) is 5.88 Å². The average Bonchev–Trinajstić information content (AvgIpc) is 3.16. The van der Waals surface area contributed by atoms with Gasteiger partial charge in [-0.25, -0.2) is 9.97 Å². The van der Waals surface area contributed by atoms with Crippen molar-refractivity contribution in [2.75, 3.05) is 37.5 Å². The summed E-state index contributed by atoms with van der Waals surface area (Å²) in [5.41, 5.74) is 2.67. The maximum absolute atomic E-state index is 9.44. The third-order valence-electron chi connectivity index (χ3n) is 5.08. The number of anilines is 2. The van der Waals surface area contributed by atoms with E-state index >= 15 is 0 Å². The molecule has 1 saturated carbocycles. The number of nitrogens with zero attached hydrogens (tertiary/aromatic N) is 3. The highest BCUT2D eigenvalue weighted by atomic mass is 16.5. The van der Waals surface area contributed by atoms with Crippen molar-refractivity contribution in [1.29, 1.82) is 0 Å². The van der Waals surface area contributed by atoms with Crippen molar-refractivity contribution in [3.8, 4) is 17.0 Å². The molecule has 2 aromatic heterocycles. The Labute approximate surface area is 165 Å². The van der Waals surface area contributed by atoms with Crippen LogP contribution in [0.4, 0.5) is 11.8 Å². The zero-order valence-corrected chi connectivity index (χ0v) is 16.5. The van der Waals surface area contributed by atoms with Gasteiger partial charge in [0.25, 0.3) is 0 Å². The van der Waals surface area contributed by atoms with E-state index < -0.39 is 0 Å². The fourth-order valence-electron chi connectivity index (χ4n) is 3.60. The molecule has 0 bridgehead atoms. The molecule has 28 heavy (non-hydrogen) atoms. The predicted molar refractivity (Wildman–Crippen MR) is 109 cm³/mol. The standard InChI is InChI=1S/C20H29N5O3/c1-13-18(15-5-7-17(28-2)22-11-15)19(24-16-6-4-14(10-16)12-27)25-20(23-13)21-8-3-9-26/h5,7,11,14,16,26-27H,3-4,6,8-10,12H2,1-2H3,(H2,21,23,24,25)/t14-,16+/m1/s1. The Kier molecular flexibility index (Phi) is 7.00. The van der Waals surface area contributed by atoms with E-state index in [0.717, 1.165) is 41.9 Å². The summed E-state index contributed by atoms with van der Waals surface area (Å²) in [6.07, 6.45) is 5.34. The summed E-state index contributed by atoms with van der Waals surface area (Å²) in [5, 5.41) is 25.2. The minimum Gasteiger partial charge on any atom is -0.481 e. The van der Waals surface area contributed by atoms with Gasteiger partial charge in [-0.3, -0.25) is 0 Å². The van der Waals surface area contributed by atoms with Crippen LogP contribution >= 0.6 is 0 Å². The maximum atomic E-state index is 9.44. The molecule has 8 nitrogen and oxygen atoms in total. The van der Waals surface area contributed by atoms with Gasteiger partial charge in [0.15, 0.2) is 0 Å². The Morgan fingerprint density at radius 1 is 1.21 bits per heavy atom. The van der Waals surface area contributed by atoms with Crippen LogP contribution < -0.4 is 15.4 Å². The normalized spacial score (nSPS) is 18.9. The predicted octanol–water partition coefficient (Wildman–Crippen LogP) is 2.22. The fraction of sp³-hybridized carbons (Fsp3) is 0.550. The zero-order chi connectivity index (χ0) is 19.9. The highest BCUT2D eigenvalue weighted by Gasteiger charge is 2.26. The molecule has 1 aliphatic carbocycles. The molecule has 4 N–H and O–H groups in total. The molecule has 1 aliphatic rings. The zero-order valence-electron chi connectivity index (χ0n) is 16.5. The first kappa shape index (κ1) is 20.3. The Morgan fingerprint density at radius 2 is 2.07 bits per heavy atom. The Balaban J connectivity index is 1.91. The minimum atomic E-state index is 0.122. The molecule has 0 spiro atoms. The summed E-state index contributed by atoms with van der Waals surface area (Å²) in [7, 11) is 1.59. The van der Waals surface area contributed by atoms with Crippen LogP contribution in [0.15, 0.2) is 18.3 Å². The molecule has 152 valence electrons. The van der Waals surface area contributed by atoms with E-state index in [1.807, 2.05) is 19.1 Å². The third-order valence-corrected chi connectivity index (χ3v) is 5.08. The van der Waals surface area contributed by atoms with Gasteiger partial charge in [-0.15, -0.1) is 0 Å². The second kappa shape index (κ2) is 9.66. The number of rotatable bonds is 9. The van der Waals surface area contributed by atoms with Crippen molar-refractivity contribution >= 4 is 11.8 Å². The Bertz CT molecular complexity index is 769. The molecule has 0 unspecified atom stereocenters. The number of aliphatic hydroxyl groups excluding tert-OH is 2. The van der Waals surface area contributed by atoms with Crippen molar-refractivity contribution in [2.45, 2.75) is 38.6 Å². The number of ether oxygens (including phenoxy) is 1. The van der Waals surface area contributed by atoms with E-state index in [1.165, 1.54) is 0 Å². The lowest BCUT2D eigenvalue weighted by molar-refractivity contribution is 0.229. The van der Waals surface area contributed by atoms with Gasteiger partial charge in [-0.2, -0.15) is 4.98 Å². The third kappa shape index (κ3) is 4.88. The largest absolute Gasteiger partial charge is 0.481 e. The van der Waals surface area contributed by atoms with Crippen molar-refractivity contribution in [2.24, 2.45) is 5.92 Å². The van der Waals surface area contributed by atoms with Gasteiger partial charge in [-0.1, -0.05) is 0 Å². The number of methoxy groups -OCH3 is 1. The van der Waals surface area contributed by atoms with E-state index in [1.54, 1.807) is 13.3 Å². The quantitative estimate of drug-likeness (QED) is 0.485. The minimum absolute atomic E-state index is 0.122. The highest BCUT2D eigenvalue weighted by molar-refractivity contribution is 5.78. The smallest absolute Gasteiger partial charge is 0.224 e. The molecule has 2 heterocycles. The summed E-state index contributed by atoms with van der Waals surface area (Å²) in [5.74, 6) is 2.19. The molecule has 0 radical (unpaired) electrons. The van der Waals surface area contributed by atoms with Gasteiger partial charge in [0, 0.05) is 49.2 Å². The molecular weight excluding hydrogens is 358 g/mol. The van der Waals surface area contributed by atoms with E-state index in [4.69, 9.17) is 14.8 Å². The van der Waals surface area contributed by atoms with E-state index in [0.29, 0.717) is 30.7 Å². The molecule has 2 atom stereocenters. The van der Waals surface area contributed by atoms with Crippen molar-refractivity contribution < 1.29 is 14.9 Å². The Morgan fingerprint density at radius 3 is 2.71 bits per heavy atom. The summed E-state index contributed by atoms with van der Waals surface area (Å²) < 4.78 is 5.16. The molecule has 1 fully saturated rings. The molecule has 2 aromatic rings. The Hall–Kier alpha value is -2.45. The lowest BCUT2D eigenvalue weighted by atomic mass is 10.1. The summed E-state index contributed by atoms with van der Waals surface area (Å²) in [6.45, 7) is 2.91. The first-order valence-electron chi connectivity index (χ1n) is 9.75. The molecule has 0 aromatic carbocycles.